The largest absolute Gasteiger partial charge is 0.416 e. The fourth-order valence-electron chi connectivity index (χ4n) is 3.15. The highest BCUT2D eigenvalue weighted by molar-refractivity contribution is 6.02. The van der Waals surface area contributed by atoms with Gasteiger partial charge in [0.15, 0.2) is 5.78 Å². The molecule has 1 aliphatic carbocycles. The number of ketones is 1. The molecule has 0 saturated carbocycles. The van der Waals surface area contributed by atoms with Gasteiger partial charge in [-0.05, 0) is 66.7 Å². The zero-order chi connectivity index (χ0) is 20.4. The Morgan fingerprint density at radius 1 is 1.22 bits per heavy atom. The van der Waals surface area contributed by atoms with Crippen molar-refractivity contribution in [3.63, 3.8) is 0 Å². The van der Waals surface area contributed by atoms with E-state index in [-0.39, 0.29) is 11.0 Å². The lowest BCUT2D eigenvalue weighted by atomic mass is 9.71. The fraction of sp³-hybridized carbons (Fsp3) is 0.381. The Morgan fingerprint density at radius 2 is 1.85 bits per heavy atom. The number of carbonyl (C=O) groups excluding carboxylic acids is 1. The van der Waals surface area contributed by atoms with Crippen LogP contribution in [0.2, 0.25) is 0 Å². The van der Waals surface area contributed by atoms with Gasteiger partial charge in [0.1, 0.15) is 5.82 Å². The molecule has 1 N–H and O–H groups in total. The number of aliphatic hydroxyl groups is 1. The minimum atomic E-state index is -4.62. The van der Waals surface area contributed by atoms with Crippen LogP contribution in [0, 0.1) is 11.2 Å². The third kappa shape index (κ3) is 5.16. The lowest BCUT2D eigenvalue weighted by Crippen LogP contribution is -2.27. The maximum Gasteiger partial charge on any atom is 0.416 e. The van der Waals surface area contributed by atoms with Crippen LogP contribution < -0.4 is 0 Å². The summed E-state index contributed by atoms with van der Waals surface area (Å²) in [4.78, 5) is 12.0. The van der Waals surface area contributed by atoms with Crippen LogP contribution in [0.1, 0.15) is 44.7 Å². The molecule has 0 radical (unpaired) electrons. The number of allylic oxidation sites excluding steroid dienone is 4. The number of halogens is 4. The molecule has 0 heterocycles. The summed E-state index contributed by atoms with van der Waals surface area (Å²) in [6.45, 7) is 5.88. The summed E-state index contributed by atoms with van der Waals surface area (Å²) in [5, 5.41) is 10.00. The highest BCUT2D eigenvalue weighted by Crippen LogP contribution is 2.40. The molecule has 0 aliphatic heterocycles. The summed E-state index contributed by atoms with van der Waals surface area (Å²) in [6, 6.07) is 2.15. The molecule has 0 aromatic heterocycles. The summed E-state index contributed by atoms with van der Waals surface area (Å²) >= 11 is 0. The zero-order valence-corrected chi connectivity index (χ0v) is 15.4. The van der Waals surface area contributed by atoms with Crippen molar-refractivity contribution >= 4 is 11.9 Å². The van der Waals surface area contributed by atoms with Crippen LogP contribution >= 0.6 is 0 Å². The van der Waals surface area contributed by atoms with Crippen molar-refractivity contribution in [3.8, 4) is 0 Å². The van der Waals surface area contributed by atoms with E-state index in [1.54, 1.807) is 6.08 Å². The molecule has 0 spiro atoms. The zero-order valence-electron chi connectivity index (χ0n) is 15.4. The van der Waals surface area contributed by atoms with E-state index < -0.39 is 29.4 Å². The van der Waals surface area contributed by atoms with E-state index in [9.17, 15) is 27.5 Å². The maximum atomic E-state index is 13.8. The number of hydrogen-bond donors (Lipinski definition) is 1. The number of carbonyl (C=O) groups is 1. The standard InChI is InChI=1S/C21H22F4O2/c1-13-17(20(2,3)11-10-19(13)27)9-8-16(26)7-5-14-4-6-15(12-18(14)22)21(23,24)25/h4-9,12,19,27H,10-11H2,1-3H3/b7-5+,9-8+. The molecule has 27 heavy (non-hydrogen) atoms. The highest BCUT2D eigenvalue weighted by Gasteiger charge is 2.31. The van der Waals surface area contributed by atoms with E-state index in [0.29, 0.717) is 12.5 Å². The summed E-state index contributed by atoms with van der Waals surface area (Å²) < 4.78 is 51.4. The first-order valence-electron chi connectivity index (χ1n) is 8.58. The van der Waals surface area contributed by atoms with Crippen LogP contribution in [0.3, 0.4) is 0 Å². The molecule has 0 bridgehead atoms. The monoisotopic (exact) mass is 382 g/mol. The average molecular weight is 382 g/mol. The lowest BCUT2D eigenvalue weighted by molar-refractivity contribution is -0.137. The molecule has 6 heteroatoms. The molecule has 0 amide bonds. The van der Waals surface area contributed by atoms with Gasteiger partial charge in [-0.3, -0.25) is 4.79 Å². The number of rotatable bonds is 4. The molecular weight excluding hydrogens is 360 g/mol. The summed E-state index contributed by atoms with van der Waals surface area (Å²) in [6.07, 6.45) is 1.50. The maximum absolute atomic E-state index is 13.8. The van der Waals surface area contributed by atoms with Gasteiger partial charge in [0, 0.05) is 5.56 Å². The van der Waals surface area contributed by atoms with Crippen molar-refractivity contribution in [3.05, 3.63) is 64.5 Å². The van der Waals surface area contributed by atoms with Crippen molar-refractivity contribution in [1.29, 1.82) is 0 Å². The van der Waals surface area contributed by atoms with E-state index in [0.717, 1.165) is 41.9 Å². The van der Waals surface area contributed by atoms with E-state index in [1.165, 1.54) is 6.08 Å². The van der Waals surface area contributed by atoms with Gasteiger partial charge < -0.3 is 5.11 Å². The second-order valence-electron chi connectivity index (χ2n) is 7.34. The Morgan fingerprint density at radius 3 is 2.44 bits per heavy atom. The van der Waals surface area contributed by atoms with Crippen molar-refractivity contribution in [2.45, 2.75) is 45.9 Å². The number of benzene rings is 1. The first kappa shape index (κ1) is 21.1. The topological polar surface area (TPSA) is 37.3 Å². The molecule has 0 fully saturated rings. The minimum Gasteiger partial charge on any atom is -0.389 e. The third-order valence-electron chi connectivity index (χ3n) is 4.87. The molecule has 0 saturated heterocycles. The van der Waals surface area contributed by atoms with Gasteiger partial charge in [-0.2, -0.15) is 13.2 Å². The van der Waals surface area contributed by atoms with E-state index in [1.807, 2.05) is 20.8 Å². The summed E-state index contributed by atoms with van der Waals surface area (Å²) in [5.41, 5.74) is 0.331. The van der Waals surface area contributed by atoms with Crippen molar-refractivity contribution < 1.29 is 27.5 Å². The Bertz CT molecular complexity index is 814. The highest BCUT2D eigenvalue weighted by atomic mass is 19.4. The Balaban J connectivity index is 2.16. The van der Waals surface area contributed by atoms with Crippen molar-refractivity contribution in [2.24, 2.45) is 5.41 Å². The quantitative estimate of drug-likeness (QED) is 0.553. The third-order valence-corrected chi connectivity index (χ3v) is 4.87. The van der Waals surface area contributed by atoms with Crippen molar-refractivity contribution in [1.82, 2.24) is 0 Å². The molecule has 1 aliphatic rings. The van der Waals surface area contributed by atoms with E-state index >= 15 is 0 Å². The molecule has 1 unspecified atom stereocenters. The van der Waals surface area contributed by atoms with Crippen LogP contribution in [-0.4, -0.2) is 17.0 Å². The normalized spacial score (nSPS) is 20.7. The summed E-state index contributed by atoms with van der Waals surface area (Å²) in [7, 11) is 0. The van der Waals surface area contributed by atoms with Crippen LogP contribution in [0.25, 0.3) is 6.08 Å². The van der Waals surface area contributed by atoms with Gasteiger partial charge in [-0.15, -0.1) is 0 Å². The predicted octanol–water partition coefficient (Wildman–Crippen LogP) is 5.48. The molecule has 2 rings (SSSR count). The first-order chi connectivity index (χ1) is 12.4. The minimum absolute atomic E-state index is 0.103. The van der Waals surface area contributed by atoms with Gasteiger partial charge in [-0.25, -0.2) is 4.39 Å². The molecular formula is C21H22F4O2. The van der Waals surface area contributed by atoms with Gasteiger partial charge >= 0.3 is 6.18 Å². The molecule has 1 atom stereocenters. The lowest BCUT2D eigenvalue weighted by Gasteiger charge is -2.35. The molecule has 2 nitrogen and oxygen atoms in total. The SMILES string of the molecule is CC1=C(/C=C/C(=O)/C=C/c2ccc(C(F)(F)F)cc2F)C(C)(C)CCC1O. The van der Waals surface area contributed by atoms with Gasteiger partial charge in [0.25, 0.3) is 0 Å². The Kier molecular flexibility index (Phi) is 6.10. The van der Waals surface area contributed by atoms with Crippen molar-refractivity contribution in [2.75, 3.05) is 0 Å². The van der Waals surface area contributed by atoms with Crippen LogP contribution in [0.5, 0.6) is 0 Å². The second-order valence-corrected chi connectivity index (χ2v) is 7.34. The molecule has 146 valence electrons. The second kappa shape index (κ2) is 7.80. The Hall–Kier alpha value is -2.21. The Labute approximate surface area is 155 Å². The molecule has 1 aromatic carbocycles. The van der Waals surface area contributed by atoms with Crippen LogP contribution in [0.15, 0.2) is 47.6 Å². The predicted molar refractivity (Wildman–Crippen MR) is 96.3 cm³/mol. The fourth-order valence-corrected chi connectivity index (χ4v) is 3.15. The van der Waals surface area contributed by atoms with Crippen LogP contribution in [-0.2, 0) is 11.0 Å². The smallest absolute Gasteiger partial charge is 0.389 e. The number of hydrogen-bond acceptors (Lipinski definition) is 2. The van der Waals surface area contributed by atoms with Crippen LogP contribution in [0.4, 0.5) is 17.6 Å². The number of aliphatic hydroxyl groups excluding tert-OH is 1. The first-order valence-corrected chi connectivity index (χ1v) is 8.58. The average Bonchev–Trinajstić information content (AvgIpc) is 2.56. The summed E-state index contributed by atoms with van der Waals surface area (Å²) in [5.74, 6) is -1.47. The van der Waals surface area contributed by atoms with E-state index in [2.05, 4.69) is 0 Å². The van der Waals surface area contributed by atoms with Gasteiger partial charge in [0.2, 0.25) is 0 Å². The number of alkyl halides is 3. The van der Waals surface area contributed by atoms with Gasteiger partial charge in [0.05, 0.1) is 11.7 Å². The van der Waals surface area contributed by atoms with E-state index in [4.69, 9.17) is 0 Å². The van der Waals surface area contributed by atoms with Gasteiger partial charge in [-0.1, -0.05) is 26.0 Å². The molecule has 1 aromatic rings.